The number of fused-ring (bicyclic) bond motifs is 1. The van der Waals surface area contributed by atoms with Gasteiger partial charge in [0.2, 0.25) is 5.91 Å². The summed E-state index contributed by atoms with van der Waals surface area (Å²) in [6, 6.07) is 12.2. The van der Waals surface area contributed by atoms with Gasteiger partial charge in [0.15, 0.2) is 0 Å². The van der Waals surface area contributed by atoms with E-state index in [1.54, 1.807) is 7.11 Å². The highest BCUT2D eigenvalue weighted by molar-refractivity contribution is 6.02. The van der Waals surface area contributed by atoms with Crippen LogP contribution in [-0.4, -0.2) is 70.4 Å². The van der Waals surface area contributed by atoms with Crippen LogP contribution >= 0.6 is 0 Å². The molecule has 208 valence electrons. The number of carbonyl (C=O) groups excluding carboxylic acids is 1. The molecule has 1 fully saturated rings. The second-order valence-corrected chi connectivity index (χ2v) is 9.99. The summed E-state index contributed by atoms with van der Waals surface area (Å²) in [6.45, 7) is 9.00. The second-order valence-electron chi connectivity index (χ2n) is 9.99. The summed E-state index contributed by atoms with van der Waals surface area (Å²) in [7, 11) is 5.64. The van der Waals surface area contributed by atoms with Gasteiger partial charge in [-0.05, 0) is 37.6 Å². The van der Waals surface area contributed by atoms with E-state index in [1.165, 1.54) is 12.4 Å². The maximum Gasteiger partial charge on any atom is 0.247 e. The maximum absolute atomic E-state index is 12.4. The predicted molar refractivity (Wildman–Crippen MR) is 160 cm³/mol. The third-order valence-electron chi connectivity index (χ3n) is 7.67. The van der Waals surface area contributed by atoms with Crippen molar-refractivity contribution in [2.24, 2.45) is 7.05 Å². The number of ether oxygens (including phenoxy) is 1. The Bertz CT molecular complexity index is 1520. The summed E-state index contributed by atoms with van der Waals surface area (Å²) in [4.78, 5) is 26.0. The Labute approximate surface area is 234 Å². The van der Waals surface area contributed by atoms with E-state index in [-0.39, 0.29) is 5.91 Å². The zero-order valence-electron chi connectivity index (χ0n) is 23.5. The van der Waals surface area contributed by atoms with E-state index in [9.17, 15) is 4.79 Å². The molecule has 0 spiro atoms. The number of anilines is 4. The van der Waals surface area contributed by atoms with Crippen LogP contribution in [0.5, 0.6) is 5.75 Å². The standard InChI is InChI=1S/C30H36N8O2/c1-6-30(39)35-24-15-25(28(40-5)17-27(24)36(3)22-10-12-38(7-2)13-11-22)34-29-16-23(31-19-32-29)20-8-9-21-18-33-37(4)26(21)14-20/h6,8-9,14-19,22H,1,7,10-13H2,2-5H3,(H,35,39)(H,31,32,34). The number of nitrogens with one attached hydrogen (secondary N) is 2. The molecule has 0 unspecified atom stereocenters. The van der Waals surface area contributed by atoms with Gasteiger partial charge in [0, 0.05) is 56.3 Å². The molecule has 2 N–H and O–H groups in total. The smallest absolute Gasteiger partial charge is 0.247 e. The van der Waals surface area contributed by atoms with E-state index in [0.29, 0.717) is 29.0 Å². The Kier molecular flexibility index (Phi) is 7.97. The molecule has 10 nitrogen and oxygen atoms in total. The zero-order chi connectivity index (χ0) is 28.2. The van der Waals surface area contributed by atoms with Gasteiger partial charge in [-0.1, -0.05) is 25.6 Å². The van der Waals surface area contributed by atoms with Gasteiger partial charge in [0.1, 0.15) is 17.9 Å². The van der Waals surface area contributed by atoms with Crippen molar-refractivity contribution >= 4 is 39.7 Å². The fourth-order valence-corrected chi connectivity index (χ4v) is 5.26. The minimum absolute atomic E-state index is 0.276. The number of methoxy groups -OCH3 is 1. The highest BCUT2D eigenvalue weighted by Gasteiger charge is 2.25. The molecule has 10 heteroatoms. The molecular formula is C30H36N8O2. The van der Waals surface area contributed by atoms with E-state index in [2.05, 4.69) is 62.1 Å². The Morgan fingerprint density at radius 1 is 1.18 bits per heavy atom. The third kappa shape index (κ3) is 5.62. The summed E-state index contributed by atoms with van der Waals surface area (Å²) in [5, 5.41) is 11.8. The quantitative estimate of drug-likeness (QED) is 0.291. The number of hydrogen-bond donors (Lipinski definition) is 2. The number of hydrogen-bond acceptors (Lipinski definition) is 8. The molecule has 0 saturated carbocycles. The number of nitrogens with zero attached hydrogens (tertiary/aromatic N) is 6. The summed E-state index contributed by atoms with van der Waals surface area (Å²) < 4.78 is 7.64. The van der Waals surface area contributed by atoms with E-state index >= 15 is 0 Å². The largest absolute Gasteiger partial charge is 0.494 e. The average Bonchev–Trinajstić information content (AvgIpc) is 3.36. The van der Waals surface area contributed by atoms with Gasteiger partial charge in [0.05, 0.1) is 41.6 Å². The van der Waals surface area contributed by atoms with E-state index in [1.807, 2.05) is 48.3 Å². The lowest BCUT2D eigenvalue weighted by atomic mass is 10.0. The first-order chi connectivity index (χ1) is 19.4. The molecule has 4 aromatic rings. The SMILES string of the molecule is C=CC(=O)Nc1cc(Nc2cc(-c3ccc4cnn(C)c4c3)ncn2)c(OC)cc1N(C)C1CCN(CC)CC1. The Morgan fingerprint density at radius 2 is 1.98 bits per heavy atom. The normalized spacial score (nSPS) is 14.2. The van der Waals surface area contributed by atoms with Crippen LogP contribution in [0.15, 0.2) is 61.6 Å². The lowest BCUT2D eigenvalue weighted by Gasteiger charge is -2.38. The summed E-state index contributed by atoms with van der Waals surface area (Å²) in [5.41, 5.74) is 4.99. The van der Waals surface area contributed by atoms with Crippen LogP contribution in [0.2, 0.25) is 0 Å². The van der Waals surface area contributed by atoms with Gasteiger partial charge in [0.25, 0.3) is 0 Å². The predicted octanol–water partition coefficient (Wildman–Crippen LogP) is 4.83. The lowest BCUT2D eigenvalue weighted by Crippen LogP contribution is -2.43. The Balaban J connectivity index is 1.46. The van der Waals surface area contributed by atoms with Crippen molar-refractivity contribution in [2.75, 3.05) is 49.3 Å². The van der Waals surface area contributed by atoms with Gasteiger partial charge in [-0.25, -0.2) is 9.97 Å². The number of carbonyl (C=O) groups is 1. The fourth-order valence-electron chi connectivity index (χ4n) is 5.26. The fraction of sp³-hybridized carbons (Fsp3) is 0.333. The highest BCUT2D eigenvalue weighted by Crippen LogP contribution is 2.39. The number of rotatable bonds is 9. The van der Waals surface area contributed by atoms with Crippen molar-refractivity contribution in [3.8, 4) is 17.0 Å². The van der Waals surface area contributed by atoms with Crippen molar-refractivity contribution < 1.29 is 9.53 Å². The minimum Gasteiger partial charge on any atom is -0.494 e. The second kappa shape index (κ2) is 11.7. The van der Waals surface area contributed by atoms with Crippen molar-refractivity contribution in [3.63, 3.8) is 0 Å². The average molecular weight is 541 g/mol. The van der Waals surface area contributed by atoms with Crippen LogP contribution in [0.4, 0.5) is 22.9 Å². The molecule has 40 heavy (non-hydrogen) atoms. The molecule has 3 heterocycles. The first-order valence-corrected chi connectivity index (χ1v) is 13.5. The molecule has 0 aliphatic carbocycles. The molecule has 2 aromatic carbocycles. The highest BCUT2D eigenvalue weighted by atomic mass is 16.5. The molecule has 2 aromatic heterocycles. The minimum atomic E-state index is -0.276. The van der Waals surface area contributed by atoms with Gasteiger partial charge in [-0.15, -0.1) is 0 Å². The van der Waals surface area contributed by atoms with E-state index in [4.69, 9.17) is 4.74 Å². The van der Waals surface area contributed by atoms with Gasteiger partial charge >= 0.3 is 0 Å². The Morgan fingerprint density at radius 3 is 2.70 bits per heavy atom. The molecule has 0 bridgehead atoms. The molecule has 1 aliphatic heterocycles. The molecule has 1 saturated heterocycles. The molecule has 1 amide bonds. The van der Waals surface area contributed by atoms with Crippen LogP contribution < -0.4 is 20.3 Å². The number of aromatic nitrogens is 4. The van der Waals surface area contributed by atoms with Crippen molar-refractivity contribution in [1.29, 1.82) is 0 Å². The van der Waals surface area contributed by atoms with Crippen LogP contribution in [0, 0.1) is 0 Å². The summed E-state index contributed by atoms with van der Waals surface area (Å²) >= 11 is 0. The molecule has 5 rings (SSSR count). The number of piperidine rings is 1. The Hall–Kier alpha value is -4.44. The molecule has 0 radical (unpaired) electrons. The van der Waals surface area contributed by atoms with Crippen molar-refractivity contribution in [2.45, 2.75) is 25.8 Å². The zero-order valence-corrected chi connectivity index (χ0v) is 23.5. The number of benzene rings is 2. The maximum atomic E-state index is 12.4. The van der Waals surface area contributed by atoms with Crippen molar-refractivity contribution in [3.05, 3.63) is 61.6 Å². The third-order valence-corrected chi connectivity index (χ3v) is 7.67. The number of aryl methyl sites for hydroxylation is 1. The van der Waals surface area contributed by atoms with Gasteiger partial charge in [-0.2, -0.15) is 5.10 Å². The van der Waals surface area contributed by atoms with Gasteiger partial charge < -0.3 is 25.2 Å². The van der Waals surface area contributed by atoms with Crippen LogP contribution in [0.3, 0.4) is 0 Å². The molecular weight excluding hydrogens is 504 g/mol. The number of amides is 1. The van der Waals surface area contributed by atoms with E-state index in [0.717, 1.165) is 60.3 Å². The topological polar surface area (TPSA) is 100 Å². The van der Waals surface area contributed by atoms with Crippen molar-refractivity contribution in [1.82, 2.24) is 24.6 Å². The van der Waals surface area contributed by atoms with Gasteiger partial charge in [-0.3, -0.25) is 9.48 Å². The molecule has 0 atom stereocenters. The monoisotopic (exact) mass is 540 g/mol. The van der Waals surface area contributed by atoms with Crippen LogP contribution in [0.1, 0.15) is 19.8 Å². The summed E-state index contributed by atoms with van der Waals surface area (Å²) in [6.07, 6.45) is 6.75. The molecule has 1 aliphatic rings. The lowest BCUT2D eigenvalue weighted by molar-refractivity contribution is -0.111. The van der Waals surface area contributed by atoms with E-state index < -0.39 is 0 Å². The first-order valence-electron chi connectivity index (χ1n) is 13.5. The van der Waals surface area contributed by atoms with Crippen LogP contribution in [0.25, 0.3) is 22.2 Å². The summed E-state index contributed by atoms with van der Waals surface area (Å²) in [5.74, 6) is 0.963. The number of likely N-dealkylation sites (tertiary alicyclic amines) is 1. The van der Waals surface area contributed by atoms with Crippen LogP contribution in [-0.2, 0) is 11.8 Å². The first kappa shape index (κ1) is 27.1.